The summed E-state index contributed by atoms with van der Waals surface area (Å²) in [6, 6.07) is 21.8. The molecule has 35 heavy (non-hydrogen) atoms. The van der Waals surface area contributed by atoms with Crippen molar-refractivity contribution in [1.29, 1.82) is 0 Å². The molecule has 1 saturated heterocycles. The second-order valence-electron chi connectivity index (χ2n) is 8.78. The number of carboxylic acids is 1. The van der Waals surface area contributed by atoms with Crippen molar-refractivity contribution in [2.45, 2.75) is 38.3 Å². The quantitative estimate of drug-likeness (QED) is 0.456. The van der Waals surface area contributed by atoms with E-state index in [4.69, 9.17) is 16.3 Å². The van der Waals surface area contributed by atoms with Crippen molar-refractivity contribution >= 4 is 29.2 Å². The Morgan fingerprint density at radius 2 is 1.71 bits per heavy atom. The largest absolute Gasteiger partial charge is 0.490 e. The van der Waals surface area contributed by atoms with Crippen LogP contribution in [0.25, 0.3) is 0 Å². The van der Waals surface area contributed by atoms with Gasteiger partial charge in [0.05, 0.1) is 10.6 Å². The highest BCUT2D eigenvalue weighted by Gasteiger charge is 2.24. The number of hydrogen-bond donors (Lipinski definition) is 2. The molecule has 1 fully saturated rings. The summed E-state index contributed by atoms with van der Waals surface area (Å²) in [6.45, 7) is 3.65. The van der Waals surface area contributed by atoms with Crippen LogP contribution in [0.5, 0.6) is 5.75 Å². The van der Waals surface area contributed by atoms with Crippen molar-refractivity contribution in [1.82, 2.24) is 5.32 Å². The molecule has 1 aliphatic rings. The molecule has 0 bridgehead atoms. The van der Waals surface area contributed by atoms with E-state index in [0.717, 1.165) is 37.2 Å². The molecular weight excluding hydrogens is 464 g/mol. The molecule has 3 aromatic carbocycles. The van der Waals surface area contributed by atoms with Gasteiger partial charge >= 0.3 is 5.97 Å². The lowest BCUT2D eigenvalue weighted by Gasteiger charge is -2.33. The summed E-state index contributed by atoms with van der Waals surface area (Å²) in [5.41, 5.74) is 3.01. The van der Waals surface area contributed by atoms with Gasteiger partial charge in [-0.2, -0.15) is 0 Å². The molecule has 0 aromatic heterocycles. The smallest absolute Gasteiger partial charge is 0.326 e. The van der Waals surface area contributed by atoms with Gasteiger partial charge in [0.1, 0.15) is 17.9 Å². The van der Waals surface area contributed by atoms with Crippen molar-refractivity contribution in [3.8, 4) is 5.75 Å². The number of anilines is 1. The number of aliphatic carboxylic acids is 1. The molecule has 1 aliphatic heterocycles. The second kappa shape index (κ2) is 11.3. The second-order valence-corrected chi connectivity index (χ2v) is 9.19. The third-order valence-corrected chi connectivity index (χ3v) is 6.60. The number of aryl methyl sites for hydroxylation is 1. The summed E-state index contributed by atoms with van der Waals surface area (Å²) >= 11 is 6.16. The standard InChI is InChI=1S/C28H29ClN2O4/c1-19-6-5-9-24(29)26(19)27(32)30-25(28(33)34)18-20-10-12-22(13-11-20)35-23-14-16-31(17-15-23)21-7-3-2-4-8-21/h2-13,23,25H,14-18H2,1H3,(H,30,32)(H,33,34)/t25-/m0/s1. The van der Waals surface area contributed by atoms with Crippen molar-refractivity contribution in [2.24, 2.45) is 0 Å². The number of halogens is 1. The Bertz CT molecular complexity index is 1140. The fraction of sp³-hybridized carbons (Fsp3) is 0.286. The van der Waals surface area contributed by atoms with E-state index in [0.29, 0.717) is 16.1 Å². The molecule has 1 atom stereocenters. The summed E-state index contributed by atoms with van der Waals surface area (Å²) in [7, 11) is 0. The van der Waals surface area contributed by atoms with Gasteiger partial charge in [-0.25, -0.2) is 4.79 Å². The van der Waals surface area contributed by atoms with Crippen molar-refractivity contribution in [2.75, 3.05) is 18.0 Å². The average molecular weight is 493 g/mol. The summed E-state index contributed by atoms with van der Waals surface area (Å²) in [5.74, 6) is -0.842. The van der Waals surface area contributed by atoms with E-state index in [-0.39, 0.29) is 12.5 Å². The number of ether oxygens (including phenoxy) is 1. The van der Waals surface area contributed by atoms with Crippen molar-refractivity contribution in [3.63, 3.8) is 0 Å². The first kappa shape index (κ1) is 24.6. The summed E-state index contributed by atoms with van der Waals surface area (Å²) < 4.78 is 6.17. The van der Waals surface area contributed by atoms with Gasteiger partial charge in [-0.05, 0) is 48.4 Å². The summed E-state index contributed by atoms with van der Waals surface area (Å²) in [4.78, 5) is 26.9. The highest BCUT2D eigenvalue weighted by molar-refractivity contribution is 6.34. The lowest BCUT2D eigenvalue weighted by molar-refractivity contribution is -0.139. The summed E-state index contributed by atoms with van der Waals surface area (Å²) in [5, 5.41) is 12.6. The van der Waals surface area contributed by atoms with E-state index < -0.39 is 17.9 Å². The minimum absolute atomic E-state index is 0.144. The van der Waals surface area contributed by atoms with Crippen LogP contribution in [0.3, 0.4) is 0 Å². The Labute approximate surface area is 210 Å². The van der Waals surface area contributed by atoms with Crippen LogP contribution in [0, 0.1) is 6.92 Å². The van der Waals surface area contributed by atoms with Crippen LogP contribution in [0.1, 0.15) is 34.3 Å². The Morgan fingerprint density at radius 1 is 1.03 bits per heavy atom. The molecule has 3 aromatic rings. The number of hydrogen-bond acceptors (Lipinski definition) is 4. The van der Waals surface area contributed by atoms with Crippen LogP contribution in [0.15, 0.2) is 72.8 Å². The zero-order valence-electron chi connectivity index (χ0n) is 19.6. The first-order valence-corrected chi connectivity index (χ1v) is 12.1. The maximum absolute atomic E-state index is 12.7. The number of amides is 1. The number of rotatable bonds is 8. The van der Waals surface area contributed by atoms with Gasteiger partial charge in [-0.15, -0.1) is 0 Å². The molecule has 0 unspecified atom stereocenters. The van der Waals surface area contributed by atoms with E-state index in [9.17, 15) is 14.7 Å². The van der Waals surface area contributed by atoms with Gasteiger partial charge in [-0.1, -0.05) is 54.1 Å². The van der Waals surface area contributed by atoms with E-state index >= 15 is 0 Å². The minimum atomic E-state index is -1.10. The predicted octanol–water partition coefficient (Wildman–Crippen LogP) is 5.12. The Balaban J connectivity index is 1.32. The monoisotopic (exact) mass is 492 g/mol. The average Bonchev–Trinajstić information content (AvgIpc) is 2.85. The number of nitrogens with zero attached hydrogens (tertiary/aromatic N) is 1. The van der Waals surface area contributed by atoms with Crippen LogP contribution >= 0.6 is 11.6 Å². The minimum Gasteiger partial charge on any atom is -0.490 e. The van der Waals surface area contributed by atoms with Gasteiger partial charge in [0.2, 0.25) is 0 Å². The maximum atomic E-state index is 12.7. The van der Waals surface area contributed by atoms with Crippen LogP contribution in [0.4, 0.5) is 5.69 Å². The van der Waals surface area contributed by atoms with Crippen molar-refractivity contribution in [3.05, 3.63) is 94.5 Å². The topological polar surface area (TPSA) is 78.9 Å². The molecule has 0 saturated carbocycles. The third-order valence-electron chi connectivity index (χ3n) is 6.28. The van der Waals surface area contributed by atoms with Gasteiger partial charge in [-0.3, -0.25) is 4.79 Å². The van der Waals surface area contributed by atoms with Crippen molar-refractivity contribution < 1.29 is 19.4 Å². The number of para-hydroxylation sites is 1. The van der Waals surface area contributed by atoms with E-state index in [1.165, 1.54) is 5.69 Å². The lowest BCUT2D eigenvalue weighted by atomic mass is 10.0. The van der Waals surface area contributed by atoms with Crippen LogP contribution in [-0.2, 0) is 11.2 Å². The van der Waals surface area contributed by atoms with Gasteiger partial charge in [0.15, 0.2) is 0 Å². The molecule has 7 heteroatoms. The van der Waals surface area contributed by atoms with Gasteiger partial charge in [0.25, 0.3) is 5.91 Å². The third kappa shape index (κ3) is 6.34. The number of carbonyl (C=O) groups excluding carboxylic acids is 1. The maximum Gasteiger partial charge on any atom is 0.326 e. The Morgan fingerprint density at radius 3 is 2.34 bits per heavy atom. The predicted molar refractivity (Wildman–Crippen MR) is 138 cm³/mol. The molecule has 0 radical (unpaired) electrons. The number of piperidine rings is 1. The van der Waals surface area contributed by atoms with Crippen LogP contribution < -0.4 is 15.0 Å². The SMILES string of the molecule is Cc1cccc(Cl)c1C(=O)N[C@@H](Cc1ccc(OC2CCN(c3ccccc3)CC2)cc1)C(=O)O. The van der Waals surface area contributed by atoms with E-state index in [1.54, 1.807) is 25.1 Å². The fourth-order valence-corrected chi connectivity index (χ4v) is 4.66. The van der Waals surface area contributed by atoms with E-state index in [2.05, 4.69) is 34.5 Å². The van der Waals surface area contributed by atoms with Gasteiger partial charge < -0.3 is 20.1 Å². The molecule has 6 nitrogen and oxygen atoms in total. The highest BCUT2D eigenvalue weighted by atomic mass is 35.5. The first-order valence-electron chi connectivity index (χ1n) is 11.7. The van der Waals surface area contributed by atoms with Crippen LogP contribution in [-0.4, -0.2) is 42.2 Å². The van der Waals surface area contributed by atoms with Crippen LogP contribution in [0.2, 0.25) is 5.02 Å². The fourth-order valence-electron chi connectivity index (χ4n) is 4.35. The van der Waals surface area contributed by atoms with E-state index in [1.807, 2.05) is 30.3 Å². The Hall–Kier alpha value is -3.51. The number of carboxylic acid groups (broad SMARTS) is 1. The summed E-state index contributed by atoms with van der Waals surface area (Å²) in [6.07, 6.45) is 2.17. The highest BCUT2D eigenvalue weighted by Crippen LogP contribution is 2.24. The van der Waals surface area contributed by atoms with Gasteiger partial charge in [0, 0.05) is 38.0 Å². The normalized spacial score (nSPS) is 14.9. The zero-order valence-corrected chi connectivity index (χ0v) is 20.4. The number of nitrogens with one attached hydrogen (secondary N) is 1. The molecular formula is C28H29ClN2O4. The molecule has 2 N–H and O–H groups in total. The first-order chi connectivity index (χ1) is 16.9. The molecule has 0 spiro atoms. The molecule has 1 heterocycles. The number of carbonyl (C=O) groups is 2. The molecule has 0 aliphatic carbocycles. The lowest BCUT2D eigenvalue weighted by Crippen LogP contribution is -2.42. The Kier molecular flexibility index (Phi) is 7.93. The zero-order chi connectivity index (χ0) is 24.8. The molecule has 182 valence electrons. The molecule has 4 rings (SSSR count). The number of benzene rings is 3. The molecule has 1 amide bonds.